The molecule has 2 N–H and O–H groups in total. The summed E-state index contributed by atoms with van der Waals surface area (Å²) in [6.45, 7) is 6.86. The van der Waals surface area contributed by atoms with Gasteiger partial charge in [0.1, 0.15) is 10.8 Å². The Kier molecular flexibility index (Phi) is 13.9. The van der Waals surface area contributed by atoms with Crippen LogP contribution in [0.3, 0.4) is 0 Å². The largest absolute Gasteiger partial charge is 0.489 e. The first-order chi connectivity index (χ1) is 25.8. The average molecular weight is 773 g/mol. The van der Waals surface area contributed by atoms with E-state index < -0.39 is 23.1 Å². The van der Waals surface area contributed by atoms with Gasteiger partial charge in [0, 0.05) is 41.9 Å². The summed E-state index contributed by atoms with van der Waals surface area (Å²) < 4.78 is 44.4. The van der Waals surface area contributed by atoms with Gasteiger partial charge in [0.15, 0.2) is 11.6 Å². The molecule has 0 saturated heterocycles. The number of hydrogen-bond acceptors (Lipinski definition) is 10. The zero-order valence-corrected chi connectivity index (χ0v) is 31.7. The predicted octanol–water partition coefficient (Wildman–Crippen LogP) is 7.56. The molecule has 2 amide bonds. The molecule has 0 unspecified atom stereocenters. The minimum absolute atomic E-state index is 0.0300. The van der Waals surface area contributed by atoms with Crippen LogP contribution in [0.2, 0.25) is 5.02 Å². The number of amides is 2. The Morgan fingerprint density at radius 2 is 1.70 bits per heavy atom. The maximum atomic E-state index is 14.8. The first-order valence-electron chi connectivity index (χ1n) is 17.9. The van der Waals surface area contributed by atoms with E-state index in [1.807, 2.05) is 56.0 Å². The zero-order valence-electron chi connectivity index (χ0n) is 30.9. The summed E-state index contributed by atoms with van der Waals surface area (Å²) in [5.41, 5.74) is 4.29. The van der Waals surface area contributed by atoms with Gasteiger partial charge in [0.2, 0.25) is 5.88 Å². The van der Waals surface area contributed by atoms with Crippen LogP contribution in [-0.4, -0.2) is 88.7 Å². The standard InChI is InChI=1S/C39H47ClF2N4O8/c1-25-28(17-18-43-36(25)51-4)22-45(29-13-14-29)37(47)30-23-44(38(48)53-19-5-6-21-54-46(49)50)24-39(2,3)33(30)27-11-9-26(10-12-27)8-7-20-52-35-32(42)16-15-31(41)34(35)40/h9-12,15-18,29,49-50H,5-8,13-14,19-24H2,1-4H3. The number of benzene rings is 2. The Morgan fingerprint density at radius 1 is 1.00 bits per heavy atom. The van der Waals surface area contributed by atoms with Gasteiger partial charge in [-0.3, -0.25) is 20.0 Å². The molecule has 1 aromatic heterocycles. The normalized spacial score (nSPS) is 15.4. The summed E-state index contributed by atoms with van der Waals surface area (Å²) in [7, 11) is 1.56. The van der Waals surface area contributed by atoms with E-state index in [0.29, 0.717) is 50.2 Å². The van der Waals surface area contributed by atoms with E-state index in [-0.39, 0.29) is 54.5 Å². The number of nitrogens with zero attached hydrogens (tertiary/aromatic N) is 4. The van der Waals surface area contributed by atoms with Crippen molar-refractivity contribution in [2.75, 3.05) is 40.0 Å². The molecule has 1 saturated carbocycles. The number of carbonyl (C=O) groups is 2. The number of aromatic nitrogens is 1. The molecule has 292 valence electrons. The van der Waals surface area contributed by atoms with Crippen LogP contribution in [0.25, 0.3) is 5.57 Å². The highest BCUT2D eigenvalue weighted by molar-refractivity contribution is 6.32. The van der Waals surface area contributed by atoms with E-state index in [0.717, 1.165) is 52.8 Å². The van der Waals surface area contributed by atoms with Crippen LogP contribution in [0.5, 0.6) is 11.6 Å². The number of hydrogen-bond donors (Lipinski definition) is 2. The molecule has 2 aromatic carbocycles. The monoisotopic (exact) mass is 772 g/mol. The summed E-state index contributed by atoms with van der Waals surface area (Å²) in [5.74, 6) is -1.45. The Balaban J connectivity index is 1.38. The number of methoxy groups -OCH3 is 1. The van der Waals surface area contributed by atoms with Gasteiger partial charge in [-0.05, 0) is 85.9 Å². The average Bonchev–Trinajstić information content (AvgIpc) is 3.99. The molecule has 1 aliphatic carbocycles. The van der Waals surface area contributed by atoms with Gasteiger partial charge in [0.25, 0.3) is 5.91 Å². The molecule has 3 aromatic rings. The first kappa shape index (κ1) is 40.8. The van der Waals surface area contributed by atoms with Crippen LogP contribution in [0.1, 0.15) is 68.2 Å². The summed E-state index contributed by atoms with van der Waals surface area (Å²) in [6, 6.07) is 11.7. The molecule has 1 fully saturated rings. The molecule has 2 heterocycles. The van der Waals surface area contributed by atoms with Gasteiger partial charge in [0.05, 0.1) is 38.9 Å². The first-order valence-corrected chi connectivity index (χ1v) is 18.3. The highest BCUT2D eigenvalue weighted by atomic mass is 35.5. The molecule has 1 aliphatic heterocycles. The molecule has 12 nitrogen and oxygen atoms in total. The van der Waals surface area contributed by atoms with Crippen molar-refractivity contribution in [3.05, 3.63) is 93.1 Å². The summed E-state index contributed by atoms with van der Waals surface area (Å²) in [6.07, 6.45) is 4.82. The third-order valence-corrected chi connectivity index (χ3v) is 9.91. The quantitative estimate of drug-likeness (QED) is 0.0805. The Hall–Kier alpha value is -4.34. The number of pyridine rings is 1. The maximum absolute atomic E-state index is 14.8. The van der Waals surface area contributed by atoms with E-state index in [1.165, 1.54) is 0 Å². The smallest absolute Gasteiger partial charge is 0.410 e. The minimum Gasteiger partial charge on any atom is -0.489 e. The van der Waals surface area contributed by atoms with Gasteiger partial charge >= 0.3 is 6.09 Å². The number of halogens is 3. The van der Waals surface area contributed by atoms with Crippen molar-refractivity contribution < 1.29 is 47.8 Å². The van der Waals surface area contributed by atoms with Gasteiger partial charge in [-0.25, -0.2) is 18.6 Å². The third kappa shape index (κ3) is 10.2. The number of rotatable bonds is 17. The second-order valence-electron chi connectivity index (χ2n) is 14.1. The van der Waals surface area contributed by atoms with Crippen LogP contribution in [0, 0.1) is 24.0 Å². The lowest BCUT2D eigenvalue weighted by atomic mass is 9.74. The molecular weight excluding hydrogens is 726 g/mol. The third-order valence-electron chi connectivity index (χ3n) is 9.55. The molecule has 15 heteroatoms. The molecule has 0 radical (unpaired) electrons. The molecule has 0 spiro atoms. The highest BCUT2D eigenvalue weighted by Crippen LogP contribution is 2.43. The lowest BCUT2D eigenvalue weighted by Gasteiger charge is -2.42. The van der Waals surface area contributed by atoms with E-state index in [4.69, 9.17) is 36.2 Å². The number of ether oxygens (including phenoxy) is 3. The van der Waals surface area contributed by atoms with Crippen LogP contribution in [0.15, 0.2) is 54.2 Å². The van der Waals surface area contributed by atoms with Crippen molar-refractivity contribution in [1.29, 1.82) is 0 Å². The van der Waals surface area contributed by atoms with Crippen molar-refractivity contribution in [3.63, 3.8) is 0 Å². The molecular formula is C39H47ClF2N4O8. The number of aryl methyl sites for hydroxylation is 1. The Bertz CT molecular complexity index is 1820. The van der Waals surface area contributed by atoms with E-state index in [1.54, 1.807) is 18.2 Å². The van der Waals surface area contributed by atoms with Crippen LogP contribution in [0.4, 0.5) is 13.6 Å². The summed E-state index contributed by atoms with van der Waals surface area (Å²) in [5, 5.41) is 16.7. The van der Waals surface area contributed by atoms with E-state index in [9.17, 15) is 18.4 Å². The van der Waals surface area contributed by atoms with Crippen molar-refractivity contribution in [3.8, 4) is 11.6 Å². The Morgan fingerprint density at radius 3 is 2.39 bits per heavy atom. The second-order valence-corrected chi connectivity index (χ2v) is 14.5. The van der Waals surface area contributed by atoms with Crippen molar-refractivity contribution in [2.24, 2.45) is 5.41 Å². The number of unbranched alkanes of at least 4 members (excludes halogenated alkanes) is 1. The highest BCUT2D eigenvalue weighted by Gasteiger charge is 2.43. The summed E-state index contributed by atoms with van der Waals surface area (Å²) in [4.78, 5) is 40.5. The zero-order chi connectivity index (χ0) is 39.0. The van der Waals surface area contributed by atoms with Crippen LogP contribution >= 0.6 is 11.6 Å². The van der Waals surface area contributed by atoms with Gasteiger partial charge < -0.3 is 24.0 Å². The summed E-state index contributed by atoms with van der Waals surface area (Å²) >= 11 is 5.89. The molecule has 5 rings (SSSR count). The maximum Gasteiger partial charge on any atom is 0.410 e. The molecule has 0 atom stereocenters. The van der Waals surface area contributed by atoms with Gasteiger partial charge in [-0.15, -0.1) is 0 Å². The lowest BCUT2D eigenvalue weighted by Crippen LogP contribution is -2.48. The van der Waals surface area contributed by atoms with Crippen molar-refractivity contribution in [2.45, 2.75) is 71.9 Å². The topological polar surface area (TPSA) is 134 Å². The van der Waals surface area contributed by atoms with Gasteiger partial charge in [-0.2, -0.15) is 0 Å². The van der Waals surface area contributed by atoms with E-state index >= 15 is 0 Å². The van der Waals surface area contributed by atoms with Crippen LogP contribution in [-0.2, 0) is 27.3 Å². The lowest BCUT2D eigenvalue weighted by molar-refractivity contribution is -0.492. The van der Waals surface area contributed by atoms with Crippen LogP contribution < -0.4 is 9.47 Å². The van der Waals surface area contributed by atoms with Crippen molar-refractivity contribution in [1.82, 2.24) is 20.2 Å². The molecule has 0 bridgehead atoms. The SMILES string of the molecule is COc1nccc(CN(C(=O)C2=C(c3ccc(CCCOc4c(F)ccc(F)c4Cl)cc3)C(C)(C)CN(C(=O)OCCCCON(O)O)C2)C2CC2)c1C. The number of carbonyl (C=O) groups excluding carboxylic acids is 2. The second kappa shape index (κ2) is 18.3. The minimum atomic E-state index is -0.754. The predicted molar refractivity (Wildman–Crippen MR) is 195 cm³/mol. The van der Waals surface area contributed by atoms with Gasteiger partial charge in [-0.1, -0.05) is 49.7 Å². The fourth-order valence-corrected chi connectivity index (χ4v) is 6.94. The van der Waals surface area contributed by atoms with Crippen molar-refractivity contribution >= 4 is 29.2 Å². The molecule has 54 heavy (non-hydrogen) atoms. The fourth-order valence-electron chi connectivity index (χ4n) is 6.73. The fraction of sp³-hybridized carbons (Fsp3) is 0.462. The van der Waals surface area contributed by atoms with E-state index in [2.05, 4.69) is 9.82 Å². The molecule has 2 aliphatic rings. The Labute approximate surface area is 318 Å².